The molecule has 0 saturated carbocycles. The first-order chi connectivity index (χ1) is 10.2. The van der Waals surface area contributed by atoms with Crippen LogP contribution in [-0.2, 0) is 9.53 Å². The first-order valence-corrected chi connectivity index (χ1v) is 7.97. The molecular weight excluding hydrogens is 300 g/mol. The fraction of sp³-hybridized carbons (Fsp3) is 0.588. The van der Waals surface area contributed by atoms with Gasteiger partial charge in [0.05, 0.1) is 18.1 Å². The van der Waals surface area contributed by atoms with E-state index in [1.807, 2.05) is 23.1 Å². The van der Waals surface area contributed by atoms with Crippen molar-refractivity contribution >= 4 is 18.3 Å². The van der Waals surface area contributed by atoms with Gasteiger partial charge >= 0.3 is 0 Å². The number of hydrogen-bond acceptors (Lipinski definition) is 3. The minimum atomic E-state index is 0. The highest BCUT2D eigenvalue weighted by Gasteiger charge is 2.47. The second-order valence-corrected chi connectivity index (χ2v) is 6.64. The van der Waals surface area contributed by atoms with Crippen LogP contribution in [0.25, 0.3) is 0 Å². The molecule has 4 rings (SSSR count). The molecule has 3 fully saturated rings. The van der Waals surface area contributed by atoms with Gasteiger partial charge < -0.3 is 15.4 Å². The molecule has 0 aromatic heterocycles. The number of fused-ring (bicyclic) bond motifs is 2. The Balaban J connectivity index is 0.00000144. The van der Waals surface area contributed by atoms with Gasteiger partial charge in [-0.15, -0.1) is 12.4 Å². The zero-order chi connectivity index (χ0) is 14.4. The van der Waals surface area contributed by atoms with Gasteiger partial charge in [0.1, 0.15) is 0 Å². The van der Waals surface area contributed by atoms with Gasteiger partial charge in [-0.3, -0.25) is 4.79 Å². The van der Waals surface area contributed by atoms with E-state index in [9.17, 15) is 4.79 Å². The smallest absolute Gasteiger partial charge is 0.228 e. The quantitative estimate of drug-likeness (QED) is 0.905. The van der Waals surface area contributed by atoms with Crippen LogP contribution in [0, 0.1) is 5.92 Å². The van der Waals surface area contributed by atoms with Gasteiger partial charge in [-0.25, -0.2) is 0 Å². The summed E-state index contributed by atoms with van der Waals surface area (Å²) in [6.07, 6.45) is 3.56. The summed E-state index contributed by atoms with van der Waals surface area (Å²) >= 11 is 0. The molecule has 0 aliphatic carbocycles. The Labute approximate surface area is 137 Å². The predicted molar refractivity (Wildman–Crippen MR) is 87.0 cm³/mol. The van der Waals surface area contributed by atoms with Crippen LogP contribution in [-0.4, -0.2) is 42.1 Å². The highest BCUT2D eigenvalue weighted by molar-refractivity contribution is 5.85. The molecule has 3 heterocycles. The van der Waals surface area contributed by atoms with Crippen LogP contribution in [0.5, 0.6) is 0 Å². The van der Waals surface area contributed by atoms with E-state index in [-0.39, 0.29) is 42.3 Å². The lowest BCUT2D eigenvalue weighted by molar-refractivity contribution is -0.136. The fourth-order valence-electron chi connectivity index (χ4n) is 4.19. The van der Waals surface area contributed by atoms with E-state index in [0.717, 1.165) is 25.8 Å². The van der Waals surface area contributed by atoms with Crippen molar-refractivity contribution in [2.75, 3.05) is 13.1 Å². The first kappa shape index (κ1) is 15.8. The van der Waals surface area contributed by atoms with Crippen LogP contribution in [0.4, 0.5) is 0 Å². The summed E-state index contributed by atoms with van der Waals surface area (Å²) in [6, 6.07) is 10.3. The van der Waals surface area contributed by atoms with Crippen molar-refractivity contribution in [3.63, 3.8) is 0 Å². The monoisotopic (exact) mass is 322 g/mol. The third-order valence-corrected chi connectivity index (χ3v) is 5.33. The lowest BCUT2D eigenvalue weighted by atomic mass is 9.88. The molecule has 3 aliphatic heterocycles. The lowest BCUT2D eigenvalue weighted by Gasteiger charge is -2.24. The van der Waals surface area contributed by atoms with Gasteiger partial charge in [-0.05, 0) is 24.8 Å². The largest absolute Gasteiger partial charge is 0.374 e. The summed E-state index contributed by atoms with van der Waals surface area (Å²) in [7, 11) is 0. The summed E-state index contributed by atoms with van der Waals surface area (Å²) in [5.41, 5.74) is 7.53. The second kappa shape index (κ2) is 6.19. The number of ether oxygens (including phenoxy) is 1. The number of likely N-dealkylation sites (tertiary alicyclic amines) is 1. The van der Waals surface area contributed by atoms with E-state index >= 15 is 0 Å². The predicted octanol–water partition coefficient (Wildman–Crippen LogP) is 1.93. The summed E-state index contributed by atoms with van der Waals surface area (Å²) in [4.78, 5) is 14.7. The Kier molecular flexibility index (Phi) is 4.44. The van der Waals surface area contributed by atoms with Gasteiger partial charge in [-0.2, -0.15) is 0 Å². The van der Waals surface area contributed by atoms with Gasteiger partial charge in [-0.1, -0.05) is 30.3 Å². The van der Waals surface area contributed by atoms with E-state index in [1.54, 1.807) is 0 Å². The molecule has 22 heavy (non-hydrogen) atoms. The maximum Gasteiger partial charge on any atom is 0.228 e. The molecule has 4 nitrogen and oxygen atoms in total. The Hall–Kier alpha value is -1.10. The van der Waals surface area contributed by atoms with E-state index < -0.39 is 0 Å². The van der Waals surface area contributed by atoms with Crippen LogP contribution in [0.3, 0.4) is 0 Å². The Bertz CT molecular complexity index is 539. The number of carbonyl (C=O) groups is 1. The molecule has 3 unspecified atom stereocenters. The Morgan fingerprint density at radius 2 is 1.95 bits per heavy atom. The van der Waals surface area contributed by atoms with Crippen LogP contribution in [0.15, 0.2) is 30.3 Å². The zero-order valence-corrected chi connectivity index (χ0v) is 13.4. The van der Waals surface area contributed by atoms with E-state index in [0.29, 0.717) is 12.6 Å². The molecule has 3 saturated heterocycles. The normalized spacial score (nSPS) is 36.4. The summed E-state index contributed by atoms with van der Waals surface area (Å²) in [5.74, 6) is 0.594. The van der Waals surface area contributed by atoms with Crippen molar-refractivity contribution in [2.45, 2.75) is 43.4 Å². The van der Waals surface area contributed by atoms with Gasteiger partial charge in [0.25, 0.3) is 0 Å². The molecule has 1 amide bonds. The average Bonchev–Trinajstić information content (AvgIpc) is 3.22. The van der Waals surface area contributed by atoms with Crippen molar-refractivity contribution in [3.05, 3.63) is 35.9 Å². The maximum absolute atomic E-state index is 12.8. The van der Waals surface area contributed by atoms with E-state index in [1.165, 1.54) is 5.56 Å². The SMILES string of the molecule is Cl.N[C@@H]1CN(C(=O)C2CC3CCC2O3)C[C@H]1c1ccccc1. The third-order valence-electron chi connectivity index (χ3n) is 5.33. The number of nitrogens with two attached hydrogens (primary N) is 1. The highest BCUT2D eigenvalue weighted by atomic mass is 35.5. The standard InChI is InChI=1S/C17H22N2O2.ClH/c18-15-10-19(9-14(15)11-4-2-1-3-5-11)17(20)13-8-12-6-7-16(13)21-12;/h1-5,12-16H,6-10,18H2;1H/t12?,13?,14-,15+,16?;/m0./s1. The highest BCUT2D eigenvalue weighted by Crippen LogP contribution is 2.40. The Morgan fingerprint density at radius 1 is 1.18 bits per heavy atom. The maximum atomic E-state index is 12.8. The number of amides is 1. The number of rotatable bonds is 2. The van der Waals surface area contributed by atoms with Gasteiger partial charge in [0, 0.05) is 25.0 Å². The molecule has 120 valence electrons. The summed E-state index contributed by atoms with van der Waals surface area (Å²) < 4.78 is 5.83. The zero-order valence-electron chi connectivity index (χ0n) is 12.6. The van der Waals surface area contributed by atoms with Gasteiger partial charge in [0.15, 0.2) is 0 Å². The minimum Gasteiger partial charge on any atom is -0.374 e. The number of nitrogens with zero attached hydrogens (tertiary/aromatic N) is 1. The Morgan fingerprint density at radius 3 is 2.59 bits per heavy atom. The molecule has 3 aliphatic rings. The second-order valence-electron chi connectivity index (χ2n) is 6.64. The van der Waals surface area contributed by atoms with Crippen molar-refractivity contribution in [3.8, 4) is 0 Å². The molecule has 1 aromatic carbocycles. The number of halogens is 1. The molecule has 0 spiro atoms. The van der Waals surface area contributed by atoms with Crippen molar-refractivity contribution < 1.29 is 9.53 Å². The van der Waals surface area contributed by atoms with Crippen molar-refractivity contribution in [2.24, 2.45) is 11.7 Å². The van der Waals surface area contributed by atoms with E-state index in [4.69, 9.17) is 10.5 Å². The van der Waals surface area contributed by atoms with Crippen LogP contribution < -0.4 is 5.73 Å². The van der Waals surface area contributed by atoms with Crippen molar-refractivity contribution in [1.29, 1.82) is 0 Å². The van der Waals surface area contributed by atoms with Crippen molar-refractivity contribution in [1.82, 2.24) is 4.90 Å². The fourth-order valence-corrected chi connectivity index (χ4v) is 4.19. The van der Waals surface area contributed by atoms with Crippen LogP contribution >= 0.6 is 12.4 Å². The number of carbonyl (C=O) groups excluding carboxylic acids is 1. The van der Waals surface area contributed by atoms with Crippen LogP contribution in [0.1, 0.15) is 30.7 Å². The molecule has 5 heteroatoms. The van der Waals surface area contributed by atoms with E-state index in [2.05, 4.69) is 12.1 Å². The average molecular weight is 323 g/mol. The molecule has 5 atom stereocenters. The number of benzene rings is 1. The molecule has 0 radical (unpaired) electrons. The molecule has 1 aromatic rings. The molecular formula is C17H23ClN2O2. The molecule has 2 N–H and O–H groups in total. The van der Waals surface area contributed by atoms with Crippen LogP contribution in [0.2, 0.25) is 0 Å². The summed E-state index contributed by atoms with van der Waals surface area (Å²) in [5, 5.41) is 0. The summed E-state index contributed by atoms with van der Waals surface area (Å²) in [6.45, 7) is 1.42. The lowest BCUT2D eigenvalue weighted by Crippen LogP contribution is -2.39. The topological polar surface area (TPSA) is 55.6 Å². The number of hydrogen-bond donors (Lipinski definition) is 1. The molecule has 2 bridgehead atoms. The first-order valence-electron chi connectivity index (χ1n) is 7.97. The third kappa shape index (κ3) is 2.64. The minimum absolute atomic E-state index is 0. The van der Waals surface area contributed by atoms with Gasteiger partial charge in [0.2, 0.25) is 5.91 Å².